The van der Waals surface area contributed by atoms with Crippen molar-refractivity contribution < 1.29 is 0 Å². The third-order valence-electron chi connectivity index (χ3n) is 7.67. The van der Waals surface area contributed by atoms with Crippen LogP contribution in [0.15, 0.2) is 54.7 Å². The maximum absolute atomic E-state index is 5.03. The Morgan fingerprint density at radius 1 is 0.886 bits per heavy atom. The molecule has 0 amide bonds. The average Bonchev–Trinajstić information content (AvgIpc) is 2.98. The highest BCUT2D eigenvalue weighted by molar-refractivity contribution is 5.95. The molecule has 1 heteroatoms. The number of aromatic nitrogens is 1. The van der Waals surface area contributed by atoms with Gasteiger partial charge in [-0.2, -0.15) is 0 Å². The van der Waals surface area contributed by atoms with E-state index in [0.29, 0.717) is 5.92 Å². The van der Waals surface area contributed by atoms with Crippen molar-refractivity contribution in [3.8, 4) is 22.4 Å². The van der Waals surface area contributed by atoms with Gasteiger partial charge < -0.3 is 0 Å². The number of aryl methyl sites for hydroxylation is 2. The van der Waals surface area contributed by atoms with Crippen molar-refractivity contribution in [3.63, 3.8) is 0 Å². The normalized spacial score (nSPS) is 14.5. The molecule has 0 spiro atoms. The van der Waals surface area contributed by atoms with Gasteiger partial charge in [0.1, 0.15) is 0 Å². The molecule has 0 bridgehead atoms. The summed E-state index contributed by atoms with van der Waals surface area (Å²) in [6.45, 7) is 20.8. The molecule has 1 aliphatic carbocycles. The Bertz CT molecular complexity index is 1460. The standard InChI is InChI=1S/C34H39N/c1-20(2)28-18-25(17-24-15-21(3)14-22(4)30(24)28)32-31-27(12-13-35-32)26-11-10-23(19-33(5,6)7)16-29(26)34(31,8)9/h10-18,20H,19H2,1-9H3. The SMILES string of the molecule is Cc1cc(C)c2c(C(C)C)cc(-c3nccc4c3C(C)(C)c3cc(CC(C)(C)C)ccc3-4)cc2c1. The van der Waals surface area contributed by atoms with E-state index in [0.717, 1.165) is 12.1 Å². The first kappa shape index (κ1) is 23.8. The highest BCUT2D eigenvalue weighted by Crippen LogP contribution is 2.52. The van der Waals surface area contributed by atoms with Crippen LogP contribution in [-0.2, 0) is 11.8 Å². The van der Waals surface area contributed by atoms with Gasteiger partial charge in [-0.15, -0.1) is 0 Å². The lowest BCUT2D eigenvalue weighted by Gasteiger charge is -2.25. The zero-order valence-corrected chi connectivity index (χ0v) is 22.9. The molecule has 0 unspecified atom stereocenters. The summed E-state index contributed by atoms with van der Waals surface area (Å²) in [4.78, 5) is 5.03. The molecule has 1 aliphatic rings. The smallest absolute Gasteiger partial charge is 0.0749 e. The molecule has 0 saturated carbocycles. The molecule has 0 fully saturated rings. The summed E-state index contributed by atoms with van der Waals surface area (Å²) in [6, 6.07) is 18.8. The van der Waals surface area contributed by atoms with Crippen molar-refractivity contribution >= 4 is 10.8 Å². The van der Waals surface area contributed by atoms with Gasteiger partial charge in [-0.3, -0.25) is 4.98 Å². The van der Waals surface area contributed by atoms with E-state index in [9.17, 15) is 0 Å². The van der Waals surface area contributed by atoms with Crippen LogP contribution in [0, 0.1) is 19.3 Å². The largest absolute Gasteiger partial charge is 0.256 e. The summed E-state index contributed by atoms with van der Waals surface area (Å²) < 4.78 is 0. The van der Waals surface area contributed by atoms with E-state index in [1.165, 1.54) is 60.8 Å². The van der Waals surface area contributed by atoms with Crippen molar-refractivity contribution in [2.45, 2.75) is 80.1 Å². The Morgan fingerprint density at radius 3 is 2.31 bits per heavy atom. The van der Waals surface area contributed by atoms with E-state index in [1.807, 2.05) is 6.20 Å². The summed E-state index contributed by atoms with van der Waals surface area (Å²) in [5.41, 5.74) is 13.5. The predicted octanol–water partition coefficient (Wildman–Crippen LogP) is 9.54. The molecule has 0 radical (unpaired) electrons. The van der Waals surface area contributed by atoms with Crippen LogP contribution in [0.2, 0.25) is 0 Å². The summed E-state index contributed by atoms with van der Waals surface area (Å²) in [6.07, 6.45) is 3.09. The molecule has 4 aromatic rings. The molecule has 3 aromatic carbocycles. The van der Waals surface area contributed by atoms with Gasteiger partial charge in [0.25, 0.3) is 0 Å². The highest BCUT2D eigenvalue weighted by Gasteiger charge is 2.38. The van der Waals surface area contributed by atoms with Crippen molar-refractivity contribution in [1.82, 2.24) is 4.98 Å². The van der Waals surface area contributed by atoms with Gasteiger partial charge in [-0.05, 0) is 99.5 Å². The summed E-state index contributed by atoms with van der Waals surface area (Å²) in [7, 11) is 0. The number of hydrogen-bond donors (Lipinski definition) is 0. The molecule has 0 N–H and O–H groups in total. The molecule has 0 atom stereocenters. The molecule has 5 rings (SSSR count). The van der Waals surface area contributed by atoms with E-state index in [1.54, 1.807) is 0 Å². The lowest BCUT2D eigenvalue weighted by molar-refractivity contribution is 0.411. The average molecular weight is 462 g/mol. The number of fused-ring (bicyclic) bond motifs is 4. The molecular weight excluding hydrogens is 422 g/mol. The zero-order valence-electron chi connectivity index (χ0n) is 22.9. The third kappa shape index (κ3) is 3.99. The second kappa shape index (κ2) is 8.05. The highest BCUT2D eigenvalue weighted by atomic mass is 14.7. The molecular formula is C34H39N. The predicted molar refractivity (Wildman–Crippen MR) is 151 cm³/mol. The van der Waals surface area contributed by atoms with Crippen LogP contribution in [0.3, 0.4) is 0 Å². The Balaban J connectivity index is 1.74. The lowest BCUT2D eigenvalue weighted by Crippen LogP contribution is -2.18. The van der Waals surface area contributed by atoms with E-state index in [2.05, 4.69) is 111 Å². The molecule has 180 valence electrons. The van der Waals surface area contributed by atoms with E-state index in [4.69, 9.17) is 4.98 Å². The first-order valence-electron chi connectivity index (χ1n) is 13.1. The van der Waals surface area contributed by atoms with Gasteiger partial charge in [0, 0.05) is 17.2 Å². The Kier molecular flexibility index (Phi) is 5.47. The zero-order chi connectivity index (χ0) is 25.3. The molecule has 1 nitrogen and oxygen atoms in total. The van der Waals surface area contributed by atoms with Gasteiger partial charge >= 0.3 is 0 Å². The van der Waals surface area contributed by atoms with E-state index in [-0.39, 0.29) is 10.8 Å². The van der Waals surface area contributed by atoms with E-state index < -0.39 is 0 Å². The quantitative estimate of drug-likeness (QED) is 0.296. The van der Waals surface area contributed by atoms with Crippen LogP contribution < -0.4 is 0 Å². The maximum atomic E-state index is 5.03. The number of rotatable bonds is 3. The van der Waals surface area contributed by atoms with Crippen LogP contribution in [0.4, 0.5) is 0 Å². The number of nitrogens with zero attached hydrogens (tertiary/aromatic N) is 1. The fourth-order valence-electron chi connectivity index (χ4n) is 6.29. The number of benzene rings is 3. The van der Waals surface area contributed by atoms with Crippen LogP contribution in [-0.4, -0.2) is 4.98 Å². The van der Waals surface area contributed by atoms with Crippen LogP contribution in [0.1, 0.15) is 87.8 Å². The first-order valence-corrected chi connectivity index (χ1v) is 13.1. The minimum atomic E-state index is -0.0996. The van der Waals surface area contributed by atoms with Gasteiger partial charge in [0.05, 0.1) is 5.69 Å². The van der Waals surface area contributed by atoms with Gasteiger partial charge in [-0.25, -0.2) is 0 Å². The van der Waals surface area contributed by atoms with Crippen molar-refractivity contribution in [3.05, 3.63) is 88.1 Å². The Labute approximate surface area is 211 Å². The monoisotopic (exact) mass is 461 g/mol. The summed E-state index contributed by atoms with van der Waals surface area (Å²) in [5.74, 6) is 0.445. The van der Waals surface area contributed by atoms with Gasteiger partial charge in [0.15, 0.2) is 0 Å². The second-order valence-electron chi connectivity index (χ2n) is 12.7. The number of pyridine rings is 1. The van der Waals surface area contributed by atoms with Crippen molar-refractivity contribution in [2.24, 2.45) is 5.41 Å². The molecule has 0 aliphatic heterocycles. The topological polar surface area (TPSA) is 12.9 Å². The van der Waals surface area contributed by atoms with Crippen molar-refractivity contribution in [1.29, 1.82) is 0 Å². The molecule has 1 heterocycles. The summed E-state index contributed by atoms with van der Waals surface area (Å²) in [5, 5.41) is 2.72. The molecule has 1 aromatic heterocycles. The lowest BCUT2D eigenvalue weighted by atomic mass is 9.78. The minimum absolute atomic E-state index is 0.0996. The third-order valence-corrected chi connectivity index (χ3v) is 7.67. The Morgan fingerprint density at radius 2 is 1.63 bits per heavy atom. The number of hydrogen-bond acceptors (Lipinski definition) is 1. The maximum Gasteiger partial charge on any atom is 0.0749 e. The summed E-state index contributed by atoms with van der Waals surface area (Å²) >= 11 is 0. The minimum Gasteiger partial charge on any atom is -0.256 e. The van der Waals surface area contributed by atoms with Crippen LogP contribution in [0.5, 0.6) is 0 Å². The fraction of sp³-hybridized carbons (Fsp3) is 0.382. The van der Waals surface area contributed by atoms with Crippen LogP contribution >= 0.6 is 0 Å². The van der Waals surface area contributed by atoms with Crippen LogP contribution in [0.25, 0.3) is 33.2 Å². The second-order valence-corrected chi connectivity index (χ2v) is 12.7. The first-order chi connectivity index (χ1) is 16.4. The van der Waals surface area contributed by atoms with Gasteiger partial charge in [0.2, 0.25) is 0 Å². The van der Waals surface area contributed by atoms with Crippen molar-refractivity contribution in [2.75, 3.05) is 0 Å². The van der Waals surface area contributed by atoms with E-state index >= 15 is 0 Å². The Hall–Kier alpha value is -2.93. The molecule has 35 heavy (non-hydrogen) atoms. The van der Waals surface area contributed by atoms with Gasteiger partial charge in [-0.1, -0.05) is 84.4 Å². The fourth-order valence-corrected chi connectivity index (χ4v) is 6.29. The molecule has 0 saturated heterocycles.